The Morgan fingerprint density at radius 3 is 2.12 bits per heavy atom. The zero-order valence-corrected chi connectivity index (χ0v) is 11.1. The minimum absolute atomic E-state index is 0.352. The van der Waals surface area contributed by atoms with E-state index in [1.54, 1.807) is 0 Å². The number of rotatable bonds is 4. The van der Waals surface area contributed by atoms with Crippen LogP contribution in [0.3, 0.4) is 0 Å². The van der Waals surface area contributed by atoms with Gasteiger partial charge in [-0.25, -0.2) is 0 Å². The summed E-state index contributed by atoms with van der Waals surface area (Å²) < 4.78 is 0. The summed E-state index contributed by atoms with van der Waals surface area (Å²) in [6, 6.07) is 0.354. The summed E-state index contributed by atoms with van der Waals surface area (Å²) in [7, 11) is 0. The maximum Gasteiger partial charge on any atom is 0.225 e. The number of fused-ring (bicyclic) bond motifs is 1. The lowest BCUT2D eigenvalue weighted by molar-refractivity contribution is -0.138. The smallest absolute Gasteiger partial charge is 0.225 e. The van der Waals surface area contributed by atoms with E-state index < -0.39 is 0 Å². The Balaban J connectivity index is 1.93. The van der Waals surface area contributed by atoms with Crippen LogP contribution in [-0.2, 0) is 4.79 Å². The summed E-state index contributed by atoms with van der Waals surface area (Å²) in [5, 5.41) is 0. The van der Waals surface area contributed by atoms with Gasteiger partial charge in [-0.05, 0) is 50.9 Å². The van der Waals surface area contributed by atoms with E-state index in [0.29, 0.717) is 23.8 Å². The summed E-state index contributed by atoms with van der Waals surface area (Å²) in [6.07, 6.45) is 3.74. The molecule has 0 heterocycles. The Morgan fingerprint density at radius 2 is 1.69 bits per heavy atom. The second kappa shape index (κ2) is 4.38. The van der Waals surface area contributed by atoms with Crippen molar-refractivity contribution in [2.45, 2.75) is 53.0 Å². The minimum atomic E-state index is 0.352. The second-order valence-electron chi connectivity index (χ2n) is 6.40. The molecular formula is C14H25NO. The largest absolute Gasteiger partial charge is 0.340 e. The van der Waals surface area contributed by atoms with Gasteiger partial charge >= 0.3 is 0 Å². The highest BCUT2D eigenvalue weighted by Gasteiger charge is 2.48. The van der Waals surface area contributed by atoms with Crippen molar-refractivity contribution in [1.82, 2.24) is 4.90 Å². The minimum Gasteiger partial charge on any atom is -0.340 e. The van der Waals surface area contributed by atoms with Gasteiger partial charge in [0.2, 0.25) is 5.91 Å². The zero-order chi connectivity index (χ0) is 11.9. The van der Waals surface area contributed by atoms with Crippen molar-refractivity contribution in [3.63, 3.8) is 0 Å². The van der Waals surface area contributed by atoms with E-state index in [1.165, 1.54) is 19.3 Å². The van der Waals surface area contributed by atoms with Crippen molar-refractivity contribution in [1.29, 1.82) is 0 Å². The number of carbonyl (C=O) groups is 1. The molecule has 1 amide bonds. The first-order valence-electron chi connectivity index (χ1n) is 6.79. The van der Waals surface area contributed by atoms with Gasteiger partial charge in [0.25, 0.3) is 0 Å². The molecule has 2 nitrogen and oxygen atoms in total. The topological polar surface area (TPSA) is 20.3 Å². The fourth-order valence-electron chi connectivity index (χ4n) is 3.10. The zero-order valence-electron chi connectivity index (χ0n) is 11.1. The lowest BCUT2D eigenvalue weighted by Gasteiger charge is -2.31. The molecule has 0 spiro atoms. The van der Waals surface area contributed by atoms with Crippen LogP contribution in [0.5, 0.6) is 0 Å². The normalized spacial score (nSPS) is 32.0. The molecule has 0 aromatic heterocycles. The van der Waals surface area contributed by atoms with Gasteiger partial charge in [0, 0.05) is 18.5 Å². The second-order valence-corrected chi connectivity index (χ2v) is 6.40. The summed E-state index contributed by atoms with van der Waals surface area (Å²) in [5.74, 6) is 3.16. The first kappa shape index (κ1) is 11.9. The summed E-state index contributed by atoms with van der Waals surface area (Å²) >= 11 is 0. The molecule has 0 bridgehead atoms. The Hall–Kier alpha value is -0.530. The van der Waals surface area contributed by atoms with Crippen molar-refractivity contribution in [2.75, 3.05) is 6.54 Å². The molecule has 2 atom stereocenters. The molecule has 16 heavy (non-hydrogen) atoms. The molecule has 0 aromatic carbocycles. The highest BCUT2D eigenvalue weighted by molar-refractivity contribution is 5.79. The Bertz CT molecular complexity index is 262. The van der Waals surface area contributed by atoms with Gasteiger partial charge in [-0.2, -0.15) is 0 Å². The molecule has 2 unspecified atom stereocenters. The van der Waals surface area contributed by atoms with Gasteiger partial charge in [-0.3, -0.25) is 4.79 Å². The van der Waals surface area contributed by atoms with Crippen molar-refractivity contribution in [3.05, 3.63) is 0 Å². The maximum atomic E-state index is 12.4. The molecule has 0 N–H and O–H groups in total. The average Bonchev–Trinajstić information content (AvgIpc) is 2.81. The highest BCUT2D eigenvalue weighted by atomic mass is 16.2. The molecule has 2 aliphatic rings. The van der Waals surface area contributed by atoms with Crippen LogP contribution in [0.4, 0.5) is 0 Å². The van der Waals surface area contributed by atoms with Crippen LogP contribution in [-0.4, -0.2) is 23.4 Å². The van der Waals surface area contributed by atoms with Gasteiger partial charge in [0.05, 0.1) is 0 Å². The standard InChI is InChI=1S/C14H25NO/c1-9(2)8-15(10(3)4)14(16)13-6-11-5-12(11)7-13/h9-13H,5-8H2,1-4H3. The van der Waals surface area contributed by atoms with Crippen LogP contribution in [0.25, 0.3) is 0 Å². The van der Waals surface area contributed by atoms with E-state index >= 15 is 0 Å². The van der Waals surface area contributed by atoms with Crippen LogP contribution in [0, 0.1) is 23.7 Å². The van der Waals surface area contributed by atoms with Gasteiger partial charge < -0.3 is 4.90 Å². The molecule has 0 saturated heterocycles. The fraction of sp³-hybridized carbons (Fsp3) is 0.929. The van der Waals surface area contributed by atoms with E-state index in [-0.39, 0.29) is 0 Å². The number of carbonyl (C=O) groups excluding carboxylic acids is 1. The van der Waals surface area contributed by atoms with Gasteiger partial charge in [-0.15, -0.1) is 0 Å². The highest BCUT2D eigenvalue weighted by Crippen LogP contribution is 2.54. The molecule has 2 heteroatoms. The number of nitrogens with zero attached hydrogens (tertiary/aromatic N) is 1. The third kappa shape index (κ3) is 2.41. The third-order valence-electron chi connectivity index (χ3n) is 4.06. The van der Waals surface area contributed by atoms with Crippen LogP contribution >= 0.6 is 0 Å². The predicted molar refractivity (Wildman–Crippen MR) is 66.0 cm³/mol. The van der Waals surface area contributed by atoms with E-state index in [0.717, 1.165) is 18.4 Å². The van der Waals surface area contributed by atoms with E-state index in [2.05, 4.69) is 32.6 Å². The summed E-state index contributed by atoms with van der Waals surface area (Å²) in [5.41, 5.74) is 0. The lowest BCUT2D eigenvalue weighted by Crippen LogP contribution is -2.42. The number of hydrogen-bond donors (Lipinski definition) is 0. The first-order valence-corrected chi connectivity index (χ1v) is 6.79. The van der Waals surface area contributed by atoms with Crippen molar-refractivity contribution < 1.29 is 4.79 Å². The molecule has 2 rings (SSSR count). The van der Waals surface area contributed by atoms with Crippen LogP contribution in [0.1, 0.15) is 47.0 Å². The molecule has 2 saturated carbocycles. The maximum absolute atomic E-state index is 12.4. The Labute approximate surface area is 99.4 Å². The summed E-state index contributed by atoms with van der Waals surface area (Å²) in [4.78, 5) is 14.5. The predicted octanol–water partition coefficient (Wildman–Crippen LogP) is 2.93. The van der Waals surface area contributed by atoms with Crippen LogP contribution in [0.2, 0.25) is 0 Å². The van der Waals surface area contributed by atoms with E-state index in [9.17, 15) is 4.79 Å². The first-order chi connectivity index (χ1) is 7.49. The molecule has 0 radical (unpaired) electrons. The fourth-order valence-corrected chi connectivity index (χ4v) is 3.10. The molecule has 0 aromatic rings. The summed E-state index contributed by atoms with van der Waals surface area (Å²) in [6.45, 7) is 9.57. The molecule has 2 aliphatic carbocycles. The van der Waals surface area contributed by atoms with Crippen molar-refractivity contribution in [2.24, 2.45) is 23.7 Å². The van der Waals surface area contributed by atoms with Crippen molar-refractivity contribution >= 4 is 5.91 Å². The van der Waals surface area contributed by atoms with Gasteiger partial charge in [0.1, 0.15) is 0 Å². The third-order valence-corrected chi connectivity index (χ3v) is 4.06. The van der Waals surface area contributed by atoms with Crippen molar-refractivity contribution in [3.8, 4) is 0 Å². The van der Waals surface area contributed by atoms with Gasteiger partial charge in [0.15, 0.2) is 0 Å². The monoisotopic (exact) mass is 223 g/mol. The molecular weight excluding hydrogens is 198 g/mol. The Kier molecular flexibility index (Phi) is 3.27. The average molecular weight is 223 g/mol. The number of amides is 1. The lowest BCUT2D eigenvalue weighted by atomic mass is 10.0. The molecule has 92 valence electrons. The molecule has 0 aliphatic heterocycles. The van der Waals surface area contributed by atoms with E-state index in [1.807, 2.05) is 0 Å². The number of hydrogen-bond acceptors (Lipinski definition) is 1. The van der Waals surface area contributed by atoms with E-state index in [4.69, 9.17) is 0 Å². The van der Waals surface area contributed by atoms with Crippen LogP contribution in [0.15, 0.2) is 0 Å². The quantitative estimate of drug-likeness (QED) is 0.717. The van der Waals surface area contributed by atoms with Gasteiger partial charge in [-0.1, -0.05) is 13.8 Å². The Morgan fingerprint density at radius 1 is 1.12 bits per heavy atom. The van der Waals surface area contributed by atoms with Crippen LogP contribution < -0.4 is 0 Å². The molecule has 2 fully saturated rings. The SMILES string of the molecule is CC(C)CN(C(=O)C1CC2CC2C1)C(C)C.